The molecule has 0 amide bonds. The fourth-order valence-corrected chi connectivity index (χ4v) is 1.34. The largest absolute Gasteiger partial charge is 0.497 e. The number of benzene rings is 1. The molecule has 0 fully saturated rings. The molecule has 0 unspecified atom stereocenters. The van der Waals surface area contributed by atoms with Crippen molar-refractivity contribution in [2.24, 2.45) is 0 Å². The van der Waals surface area contributed by atoms with Crippen molar-refractivity contribution in [3.05, 3.63) is 18.2 Å². The molecular formula is C11H18NO2+. The predicted molar refractivity (Wildman–Crippen MR) is 59.1 cm³/mol. The quantitative estimate of drug-likeness (QED) is 0.687. The van der Waals surface area contributed by atoms with Crippen molar-refractivity contribution in [1.82, 2.24) is 4.48 Å². The number of rotatable bonds is 3. The molecule has 3 nitrogen and oxygen atoms in total. The Labute approximate surface area is 85.5 Å². The number of hydrogen-bond donors (Lipinski definition) is 0. The highest BCUT2D eigenvalue weighted by Crippen LogP contribution is 2.33. The number of nitrogens with zero attached hydrogens (tertiary/aromatic N) is 1. The van der Waals surface area contributed by atoms with Crippen LogP contribution in [0.4, 0.5) is 5.69 Å². The smallest absolute Gasteiger partial charge is 0.183 e. The van der Waals surface area contributed by atoms with Crippen LogP contribution in [-0.2, 0) is 0 Å². The molecule has 1 rings (SSSR count). The molecule has 3 heteroatoms. The minimum absolute atomic E-state index is 0.729. The third-order valence-electron chi connectivity index (χ3n) is 2.11. The van der Waals surface area contributed by atoms with Gasteiger partial charge in [0.1, 0.15) is 5.75 Å². The molecule has 0 aliphatic carbocycles. The van der Waals surface area contributed by atoms with Crippen LogP contribution in [0.1, 0.15) is 0 Å². The van der Waals surface area contributed by atoms with Gasteiger partial charge in [0.25, 0.3) is 0 Å². The van der Waals surface area contributed by atoms with Crippen LogP contribution in [0.25, 0.3) is 0 Å². The maximum Gasteiger partial charge on any atom is 0.183 e. The molecule has 0 aromatic heterocycles. The Balaban J connectivity index is 3.18. The van der Waals surface area contributed by atoms with Gasteiger partial charge in [0.05, 0.1) is 35.4 Å². The molecule has 1 aromatic carbocycles. The van der Waals surface area contributed by atoms with E-state index in [1.165, 1.54) is 0 Å². The second kappa shape index (κ2) is 3.88. The van der Waals surface area contributed by atoms with Gasteiger partial charge in [0.15, 0.2) is 11.4 Å². The van der Waals surface area contributed by atoms with E-state index in [1.54, 1.807) is 14.2 Å². The highest BCUT2D eigenvalue weighted by Gasteiger charge is 2.18. The van der Waals surface area contributed by atoms with Crippen molar-refractivity contribution >= 4 is 5.69 Å². The summed E-state index contributed by atoms with van der Waals surface area (Å²) in [7, 11) is 9.63. The number of quaternary nitrogens is 1. The summed E-state index contributed by atoms with van der Waals surface area (Å²) in [6.07, 6.45) is 0. The molecule has 0 atom stereocenters. The molecular weight excluding hydrogens is 178 g/mol. The van der Waals surface area contributed by atoms with Gasteiger partial charge in [-0.05, 0) is 6.07 Å². The van der Waals surface area contributed by atoms with E-state index in [9.17, 15) is 0 Å². The van der Waals surface area contributed by atoms with Crippen LogP contribution in [0.15, 0.2) is 18.2 Å². The number of methoxy groups -OCH3 is 2. The van der Waals surface area contributed by atoms with Gasteiger partial charge in [-0.25, -0.2) is 0 Å². The average Bonchev–Trinajstić information content (AvgIpc) is 2.15. The van der Waals surface area contributed by atoms with Gasteiger partial charge < -0.3 is 9.47 Å². The lowest BCUT2D eigenvalue weighted by atomic mass is 10.2. The first kappa shape index (κ1) is 10.9. The van der Waals surface area contributed by atoms with E-state index in [2.05, 4.69) is 21.1 Å². The van der Waals surface area contributed by atoms with Crippen LogP contribution in [0, 0.1) is 0 Å². The third-order valence-corrected chi connectivity index (χ3v) is 2.11. The summed E-state index contributed by atoms with van der Waals surface area (Å²) in [5, 5.41) is 0. The summed E-state index contributed by atoms with van der Waals surface area (Å²) < 4.78 is 11.2. The van der Waals surface area contributed by atoms with Crippen molar-refractivity contribution in [1.29, 1.82) is 0 Å². The highest BCUT2D eigenvalue weighted by molar-refractivity contribution is 5.57. The molecule has 0 aliphatic rings. The third kappa shape index (κ3) is 2.17. The van der Waals surface area contributed by atoms with Crippen molar-refractivity contribution in [2.45, 2.75) is 0 Å². The molecule has 14 heavy (non-hydrogen) atoms. The summed E-state index contributed by atoms with van der Waals surface area (Å²) in [5.41, 5.74) is 1.13. The standard InChI is InChI=1S/C11H18NO2/c1-12(2,3)10-7-6-9(13-4)8-11(10)14-5/h6-8H,1-5H3/q+1. The molecule has 0 bridgehead atoms. The van der Waals surface area contributed by atoms with E-state index >= 15 is 0 Å². The minimum atomic E-state index is 0.729. The van der Waals surface area contributed by atoms with Crippen LogP contribution in [0.5, 0.6) is 11.5 Å². The average molecular weight is 196 g/mol. The summed E-state index contributed by atoms with van der Waals surface area (Å²) in [6, 6.07) is 5.87. The maximum atomic E-state index is 5.32. The Hall–Kier alpha value is -1.22. The molecule has 78 valence electrons. The van der Waals surface area contributed by atoms with Crippen LogP contribution in [-0.4, -0.2) is 35.4 Å². The zero-order valence-electron chi connectivity index (χ0n) is 9.50. The van der Waals surface area contributed by atoms with Gasteiger partial charge in [0.2, 0.25) is 0 Å². The second-order valence-electron chi connectivity index (χ2n) is 4.05. The number of ether oxygens (including phenoxy) is 2. The molecule has 0 N–H and O–H groups in total. The van der Waals surface area contributed by atoms with E-state index in [1.807, 2.05) is 18.2 Å². The predicted octanol–water partition coefficient (Wildman–Crippen LogP) is 1.90. The SMILES string of the molecule is COc1ccc([N+](C)(C)C)c(OC)c1. The Morgan fingerprint density at radius 1 is 1.00 bits per heavy atom. The van der Waals surface area contributed by atoms with Gasteiger partial charge in [-0.15, -0.1) is 0 Å². The van der Waals surface area contributed by atoms with Crippen molar-refractivity contribution < 1.29 is 9.47 Å². The second-order valence-corrected chi connectivity index (χ2v) is 4.05. The molecule has 0 aliphatic heterocycles. The lowest BCUT2D eigenvalue weighted by Gasteiger charge is -2.25. The lowest BCUT2D eigenvalue weighted by molar-refractivity contribution is 0.378. The molecule has 0 spiro atoms. The van der Waals surface area contributed by atoms with Crippen LogP contribution < -0.4 is 14.0 Å². The molecule has 0 heterocycles. The van der Waals surface area contributed by atoms with Crippen LogP contribution >= 0.6 is 0 Å². The van der Waals surface area contributed by atoms with Gasteiger partial charge >= 0.3 is 0 Å². The van der Waals surface area contributed by atoms with E-state index in [0.29, 0.717) is 0 Å². The van der Waals surface area contributed by atoms with E-state index in [4.69, 9.17) is 9.47 Å². The van der Waals surface area contributed by atoms with E-state index < -0.39 is 0 Å². The van der Waals surface area contributed by atoms with Crippen LogP contribution in [0.3, 0.4) is 0 Å². The van der Waals surface area contributed by atoms with Crippen molar-refractivity contribution in [3.8, 4) is 11.5 Å². The first-order valence-electron chi connectivity index (χ1n) is 4.53. The molecule has 0 radical (unpaired) electrons. The molecule has 1 aromatic rings. The van der Waals surface area contributed by atoms with Crippen molar-refractivity contribution in [3.63, 3.8) is 0 Å². The van der Waals surface area contributed by atoms with Gasteiger partial charge in [0, 0.05) is 12.1 Å². The van der Waals surface area contributed by atoms with Gasteiger partial charge in [-0.3, -0.25) is 4.48 Å². The summed E-state index contributed by atoms with van der Waals surface area (Å²) in [5.74, 6) is 1.68. The summed E-state index contributed by atoms with van der Waals surface area (Å²) >= 11 is 0. The van der Waals surface area contributed by atoms with Crippen molar-refractivity contribution in [2.75, 3.05) is 35.4 Å². The van der Waals surface area contributed by atoms with Gasteiger partial charge in [-0.1, -0.05) is 0 Å². The minimum Gasteiger partial charge on any atom is -0.497 e. The Morgan fingerprint density at radius 3 is 2.07 bits per heavy atom. The topological polar surface area (TPSA) is 18.5 Å². The number of hydrogen-bond acceptors (Lipinski definition) is 2. The monoisotopic (exact) mass is 196 g/mol. The fraction of sp³-hybridized carbons (Fsp3) is 0.455. The summed E-state index contributed by atoms with van der Waals surface area (Å²) in [6.45, 7) is 0. The fourth-order valence-electron chi connectivity index (χ4n) is 1.34. The van der Waals surface area contributed by atoms with E-state index in [0.717, 1.165) is 21.7 Å². The normalized spacial score (nSPS) is 11.2. The Kier molecular flexibility index (Phi) is 3.01. The zero-order chi connectivity index (χ0) is 10.8. The lowest BCUT2D eigenvalue weighted by Crippen LogP contribution is -2.35. The summed E-state index contributed by atoms with van der Waals surface area (Å²) in [4.78, 5) is 0. The molecule has 0 saturated carbocycles. The first-order valence-corrected chi connectivity index (χ1v) is 4.53. The first-order chi connectivity index (χ1) is 6.49. The molecule has 0 saturated heterocycles. The Bertz CT molecular complexity index is 316. The maximum absolute atomic E-state index is 5.32. The van der Waals surface area contributed by atoms with Gasteiger partial charge in [-0.2, -0.15) is 0 Å². The zero-order valence-corrected chi connectivity index (χ0v) is 9.50. The highest BCUT2D eigenvalue weighted by atomic mass is 16.5. The Morgan fingerprint density at radius 2 is 1.64 bits per heavy atom. The van der Waals surface area contributed by atoms with E-state index in [-0.39, 0.29) is 0 Å². The van der Waals surface area contributed by atoms with Crippen LogP contribution in [0.2, 0.25) is 0 Å².